The van der Waals surface area contributed by atoms with Crippen molar-refractivity contribution in [2.45, 2.75) is 31.4 Å². The smallest absolute Gasteiger partial charge is 0.231 e. The van der Waals surface area contributed by atoms with Crippen molar-refractivity contribution in [2.24, 2.45) is 5.92 Å². The second kappa shape index (κ2) is 9.76. The summed E-state index contributed by atoms with van der Waals surface area (Å²) < 4.78 is 0. The zero-order valence-electron chi connectivity index (χ0n) is 18.2. The van der Waals surface area contributed by atoms with Gasteiger partial charge in [0.05, 0.1) is 17.6 Å². The molecule has 2 saturated heterocycles. The summed E-state index contributed by atoms with van der Waals surface area (Å²) in [5.74, 6) is -0.262. The van der Waals surface area contributed by atoms with Crippen molar-refractivity contribution in [3.8, 4) is 0 Å². The molecule has 0 bridgehead atoms. The number of halogens is 2. The molecule has 2 heterocycles. The summed E-state index contributed by atoms with van der Waals surface area (Å²) in [6.07, 6.45) is 2.83. The maximum absolute atomic E-state index is 14.0. The lowest BCUT2D eigenvalue weighted by atomic mass is 9.84. The Balaban J connectivity index is 1.62. The summed E-state index contributed by atoms with van der Waals surface area (Å²) in [4.78, 5) is 22.7. The molecule has 0 spiro atoms. The topological polar surface area (TPSA) is 32.8 Å². The molecule has 0 aromatic heterocycles. The van der Waals surface area contributed by atoms with Gasteiger partial charge in [-0.25, -0.2) is 5.06 Å². The van der Waals surface area contributed by atoms with Gasteiger partial charge in [0, 0.05) is 23.1 Å². The van der Waals surface area contributed by atoms with E-state index in [0.29, 0.717) is 10.0 Å². The van der Waals surface area contributed by atoms with Gasteiger partial charge in [-0.3, -0.25) is 9.63 Å². The predicted molar refractivity (Wildman–Crippen MR) is 132 cm³/mol. The first kappa shape index (κ1) is 22.3. The maximum atomic E-state index is 14.0. The number of carbonyl (C=O) groups is 1. The first-order valence-corrected chi connectivity index (χ1v) is 12.2. The molecule has 3 aromatic rings. The second-order valence-electron chi connectivity index (χ2n) is 8.65. The highest BCUT2D eigenvalue weighted by Crippen LogP contribution is 2.50. The molecule has 1 amide bonds. The molecular weight excluding hydrogens is 455 g/mol. The number of hydrogen-bond donors (Lipinski definition) is 0. The normalized spacial score (nSPS) is 23.0. The molecule has 2 aliphatic rings. The molecule has 2 aliphatic heterocycles. The Hall–Kier alpha value is -2.53. The number of nitrogens with zero attached hydrogens (tertiary/aromatic N) is 2. The van der Waals surface area contributed by atoms with Gasteiger partial charge in [-0.15, -0.1) is 0 Å². The van der Waals surface area contributed by atoms with Gasteiger partial charge in [-0.05, 0) is 66.8 Å². The van der Waals surface area contributed by atoms with Crippen LogP contribution in [0.5, 0.6) is 0 Å². The Morgan fingerprint density at radius 1 is 0.758 bits per heavy atom. The zero-order valence-corrected chi connectivity index (χ0v) is 19.8. The average molecular weight is 481 g/mol. The van der Waals surface area contributed by atoms with Gasteiger partial charge in [-0.2, -0.15) is 0 Å². The number of likely N-dealkylation sites (tertiary alicyclic amines) is 1. The standard InChI is InChI=1S/C27H26Cl2N2O2/c28-21-11-9-20(10-12-21)26-24(27(32)30-17-5-2-6-18-30)25(19-7-3-1-4-8-19)31(33-26)23-15-13-22(29)14-16-23/h1,3-4,7-16,24-26H,2,5-6,17-18H2/t24-,25-,26+/m0/s1. The summed E-state index contributed by atoms with van der Waals surface area (Å²) in [5, 5.41) is 3.20. The number of carbonyl (C=O) groups excluding carboxylic acids is 1. The van der Waals surface area contributed by atoms with E-state index in [2.05, 4.69) is 12.1 Å². The first-order chi connectivity index (χ1) is 16.1. The molecule has 3 atom stereocenters. The van der Waals surface area contributed by atoms with Crippen LogP contribution >= 0.6 is 23.2 Å². The minimum atomic E-state index is -0.433. The van der Waals surface area contributed by atoms with Crippen LogP contribution in [0.2, 0.25) is 10.0 Å². The molecule has 0 radical (unpaired) electrons. The van der Waals surface area contributed by atoms with E-state index in [9.17, 15) is 4.79 Å². The van der Waals surface area contributed by atoms with Crippen LogP contribution in [-0.4, -0.2) is 23.9 Å². The minimum Gasteiger partial charge on any atom is -0.342 e. The molecule has 0 aliphatic carbocycles. The van der Waals surface area contributed by atoms with Gasteiger partial charge in [0.15, 0.2) is 0 Å². The van der Waals surface area contributed by atoms with Crippen molar-refractivity contribution in [1.29, 1.82) is 0 Å². The van der Waals surface area contributed by atoms with Crippen LogP contribution in [0.4, 0.5) is 5.69 Å². The molecule has 2 fully saturated rings. The van der Waals surface area contributed by atoms with E-state index in [-0.39, 0.29) is 11.9 Å². The van der Waals surface area contributed by atoms with Gasteiger partial charge in [-0.1, -0.05) is 65.7 Å². The molecule has 33 heavy (non-hydrogen) atoms. The zero-order chi connectivity index (χ0) is 22.8. The molecule has 5 rings (SSSR count). The van der Waals surface area contributed by atoms with E-state index in [1.807, 2.05) is 76.7 Å². The SMILES string of the molecule is O=C([C@@H]1[C@@H](c2ccc(Cl)cc2)ON(c2ccc(Cl)cc2)[C@H]1c1ccccc1)N1CCCCC1. The third-order valence-electron chi connectivity index (χ3n) is 6.52. The van der Waals surface area contributed by atoms with Gasteiger partial charge in [0.25, 0.3) is 0 Å². The Bertz CT molecular complexity index is 1080. The molecule has 3 aromatic carbocycles. The number of amides is 1. The molecular formula is C27H26Cl2N2O2. The molecule has 0 unspecified atom stereocenters. The Morgan fingerprint density at radius 3 is 2.00 bits per heavy atom. The van der Waals surface area contributed by atoms with Crippen LogP contribution in [0.25, 0.3) is 0 Å². The lowest BCUT2D eigenvalue weighted by Gasteiger charge is -2.33. The summed E-state index contributed by atoms with van der Waals surface area (Å²) in [6.45, 7) is 1.59. The van der Waals surface area contributed by atoms with Crippen LogP contribution in [0, 0.1) is 5.92 Å². The summed E-state index contributed by atoms with van der Waals surface area (Å²) in [6, 6.07) is 25.0. The van der Waals surface area contributed by atoms with Crippen molar-refractivity contribution in [1.82, 2.24) is 4.90 Å². The predicted octanol–water partition coefficient (Wildman–Crippen LogP) is 6.86. The fourth-order valence-electron chi connectivity index (χ4n) is 4.88. The highest BCUT2D eigenvalue weighted by Gasteiger charge is 2.50. The fraction of sp³-hybridized carbons (Fsp3) is 0.296. The quantitative estimate of drug-likeness (QED) is 0.408. The van der Waals surface area contributed by atoms with Crippen molar-refractivity contribution in [2.75, 3.05) is 18.2 Å². The van der Waals surface area contributed by atoms with Crippen molar-refractivity contribution < 1.29 is 9.63 Å². The molecule has 0 saturated carbocycles. The monoisotopic (exact) mass is 480 g/mol. The van der Waals surface area contributed by atoms with Gasteiger partial charge in [0.1, 0.15) is 6.10 Å². The molecule has 4 nitrogen and oxygen atoms in total. The molecule has 6 heteroatoms. The van der Waals surface area contributed by atoms with E-state index in [0.717, 1.165) is 42.7 Å². The summed E-state index contributed by atoms with van der Waals surface area (Å²) in [5.41, 5.74) is 2.84. The van der Waals surface area contributed by atoms with E-state index < -0.39 is 12.0 Å². The van der Waals surface area contributed by atoms with Gasteiger partial charge in [0.2, 0.25) is 5.91 Å². The molecule has 0 N–H and O–H groups in total. The van der Waals surface area contributed by atoms with Crippen LogP contribution in [0.15, 0.2) is 78.9 Å². The Morgan fingerprint density at radius 2 is 1.36 bits per heavy atom. The second-order valence-corrected chi connectivity index (χ2v) is 9.52. The number of benzene rings is 3. The molecule has 170 valence electrons. The van der Waals surface area contributed by atoms with E-state index in [1.165, 1.54) is 6.42 Å². The summed E-state index contributed by atoms with van der Waals surface area (Å²) in [7, 11) is 0. The van der Waals surface area contributed by atoms with Crippen molar-refractivity contribution in [3.05, 3.63) is 100 Å². The van der Waals surface area contributed by atoms with Crippen LogP contribution in [0.1, 0.15) is 42.5 Å². The summed E-state index contributed by atoms with van der Waals surface area (Å²) >= 11 is 12.3. The first-order valence-electron chi connectivity index (χ1n) is 11.4. The number of hydroxylamine groups is 1. The number of hydrogen-bond acceptors (Lipinski definition) is 3. The van der Waals surface area contributed by atoms with E-state index in [4.69, 9.17) is 28.0 Å². The third-order valence-corrected chi connectivity index (χ3v) is 7.02. The van der Waals surface area contributed by atoms with Crippen LogP contribution in [0.3, 0.4) is 0 Å². The average Bonchev–Trinajstić information content (AvgIpc) is 3.26. The van der Waals surface area contributed by atoms with Crippen LogP contribution < -0.4 is 5.06 Å². The highest BCUT2D eigenvalue weighted by atomic mass is 35.5. The lowest BCUT2D eigenvalue weighted by Crippen LogP contribution is -2.42. The minimum absolute atomic E-state index is 0.139. The van der Waals surface area contributed by atoms with Crippen molar-refractivity contribution in [3.63, 3.8) is 0 Å². The third kappa shape index (κ3) is 4.61. The number of anilines is 1. The van der Waals surface area contributed by atoms with Crippen LogP contribution in [-0.2, 0) is 9.63 Å². The highest BCUT2D eigenvalue weighted by molar-refractivity contribution is 6.30. The lowest BCUT2D eigenvalue weighted by molar-refractivity contribution is -0.138. The maximum Gasteiger partial charge on any atom is 0.231 e. The fourth-order valence-corrected chi connectivity index (χ4v) is 5.13. The number of piperidine rings is 1. The van der Waals surface area contributed by atoms with Gasteiger partial charge < -0.3 is 4.90 Å². The Labute approximate surface area is 204 Å². The number of rotatable bonds is 4. The van der Waals surface area contributed by atoms with Gasteiger partial charge >= 0.3 is 0 Å². The largest absolute Gasteiger partial charge is 0.342 e. The Kier molecular flexibility index (Phi) is 6.59. The van der Waals surface area contributed by atoms with E-state index in [1.54, 1.807) is 0 Å². The van der Waals surface area contributed by atoms with Crippen molar-refractivity contribution >= 4 is 34.8 Å². The van der Waals surface area contributed by atoms with E-state index >= 15 is 0 Å².